The van der Waals surface area contributed by atoms with E-state index in [0.29, 0.717) is 11.8 Å². The maximum absolute atomic E-state index is 9.69. The van der Waals surface area contributed by atoms with Crippen molar-refractivity contribution in [2.24, 2.45) is 0 Å². The molecule has 0 saturated carbocycles. The minimum atomic E-state index is 0.242. The lowest BCUT2D eigenvalue weighted by Crippen LogP contribution is -2.16. The Bertz CT molecular complexity index is 552. The number of hydrogen-bond acceptors (Lipinski definition) is 5. The molecule has 0 fully saturated rings. The lowest BCUT2D eigenvalue weighted by molar-refractivity contribution is 0.469. The van der Waals surface area contributed by atoms with Crippen LogP contribution < -0.4 is 5.32 Å². The van der Waals surface area contributed by atoms with Gasteiger partial charge in [0.25, 0.3) is 0 Å². The van der Waals surface area contributed by atoms with Gasteiger partial charge in [0.2, 0.25) is 11.8 Å². The van der Waals surface area contributed by atoms with Gasteiger partial charge in [-0.3, -0.25) is 0 Å². The number of benzene rings is 1. The molecule has 1 aromatic carbocycles. The molecule has 0 spiro atoms. The molecule has 0 bridgehead atoms. The summed E-state index contributed by atoms with van der Waals surface area (Å²) < 4.78 is 5.65. The number of nitrogens with zero attached hydrogens (tertiary/aromatic N) is 2. The van der Waals surface area contributed by atoms with E-state index in [1.54, 1.807) is 12.1 Å². The van der Waals surface area contributed by atoms with E-state index in [9.17, 15) is 5.11 Å². The van der Waals surface area contributed by atoms with E-state index in [1.807, 2.05) is 13.0 Å². The quantitative estimate of drug-likeness (QED) is 0.760. The van der Waals surface area contributed by atoms with Gasteiger partial charge in [-0.1, -0.05) is 13.0 Å². The first-order valence-corrected chi connectivity index (χ1v) is 7.04. The second-order valence-corrected chi connectivity index (χ2v) is 4.80. The van der Waals surface area contributed by atoms with E-state index in [4.69, 9.17) is 4.42 Å². The first kappa shape index (κ1) is 14.5. The Morgan fingerprint density at radius 2 is 2.10 bits per heavy atom. The molecule has 5 nitrogen and oxygen atoms in total. The summed E-state index contributed by atoms with van der Waals surface area (Å²) in [5.41, 5.74) is 1.54. The molecule has 0 unspecified atom stereocenters. The van der Waals surface area contributed by atoms with Crippen molar-refractivity contribution in [3.05, 3.63) is 29.7 Å². The number of aryl methyl sites for hydroxylation is 1. The van der Waals surface area contributed by atoms with Crippen LogP contribution in [0.4, 0.5) is 0 Å². The number of hydrogen-bond donors (Lipinski definition) is 2. The van der Waals surface area contributed by atoms with Gasteiger partial charge in [0, 0.05) is 17.5 Å². The van der Waals surface area contributed by atoms with Crippen molar-refractivity contribution in [2.45, 2.75) is 33.1 Å². The third-order valence-electron chi connectivity index (χ3n) is 3.17. The summed E-state index contributed by atoms with van der Waals surface area (Å²) >= 11 is 0. The van der Waals surface area contributed by atoms with Gasteiger partial charge in [0.15, 0.2) is 0 Å². The fourth-order valence-electron chi connectivity index (χ4n) is 1.99. The van der Waals surface area contributed by atoms with Gasteiger partial charge >= 0.3 is 0 Å². The second kappa shape index (κ2) is 7.05. The van der Waals surface area contributed by atoms with E-state index in [2.05, 4.69) is 22.4 Å². The van der Waals surface area contributed by atoms with Crippen molar-refractivity contribution in [3.63, 3.8) is 0 Å². The van der Waals surface area contributed by atoms with E-state index in [1.165, 1.54) is 0 Å². The van der Waals surface area contributed by atoms with Gasteiger partial charge < -0.3 is 14.8 Å². The van der Waals surface area contributed by atoms with Crippen LogP contribution in [0.1, 0.15) is 31.2 Å². The van der Waals surface area contributed by atoms with Crippen LogP contribution in [0.2, 0.25) is 0 Å². The van der Waals surface area contributed by atoms with Crippen LogP contribution in [0.3, 0.4) is 0 Å². The third kappa shape index (κ3) is 3.57. The van der Waals surface area contributed by atoms with Gasteiger partial charge in [0.05, 0.1) is 0 Å². The highest BCUT2D eigenvalue weighted by Gasteiger charge is 2.12. The molecule has 0 atom stereocenters. The summed E-state index contributed by atoms with van der Waals surface area (Å²) in [6.45, 7) is 5.98. The highest BCUT2D eigenvalue weighted by atomic mass is 16.4. The van der Waals surface area contributed by atoms with Crippen LogP contribution in [-0.4, -0.2) is 28.4 Å². The minimum Gasteiger partial charge on any atom is -0.508 e. The minimum absolute atomic E-state index is 0.242. The summed E-state index contributed by atoms with van der Waals surface area (Å²) in [5, 5.41) is 21.1. The molecular weight excluding hydrogens is 254 g/mol. The molecule has 20 heavy (non-hydrogen) atoms. The molecule has 2 aromatic rings. The molecule has 0 aliphatic rings. The molecule has 0 amide bonds. The SMILES string of the molecule is CCCNCCCc1nnc(-c2cccc(O)c2C)o1. The largest absolute Gasteiger partial charge is 0.508 e. The Morgan fingerprint density at radius 1 is 1.25 bits per heavy atom. The lowest BCUT2D eigenvalue weighted by Gasteiger charge is -2.02. The molecule has 2 N–H and O–H groups in total. The smallest absolute Gasteiger partial charge is 0.248 e. The predicted molar refractivity (Wildman–Crippen MR) is 77.6 cm³/mol. The summed E-state index contributed by atoms with van der Waals surface area (Å²) in [4.78, 5) is 0. The van der Waals surface area contributed by atoms with Gasteiger partial charge in [-0.15, -0.1) is 10.2 Å². The van der Waals surface area contributed by atoms with Crippen LogP contribution in [0, 0.1) is 6.92 Å². The number of phenolic OH excluding ortho intramolecular Hbond substituents is 1. The molecular formula is C15H21N3O2. The zero-order chi connectivity index (χ0) is 14.4. The first-order chi connectivity index (χ1) is 9.72. The van der Waals surface area contributed by atoms with Gasteiger partial charge in [-0.05, 0) is 45.0 Å². The molecule has 0 radical (unpaired) electrons. The Kier molecular flexibility index (Phi) is 5.12. The number of aromatic nitrogens is 2. The molecule has 0 saturated heterocycles. The zero-order valence-electron chi connectivity index (χ0n) is 12.0. The fourth-order valence-corrected chi connectivity index (χ4v) is 1.99. The molecule has 0 aliphatic carbocycles. The van der Waals surface area contributed by atoms with Gasteiger partial charge in [0.1, 0.15) is 5.75 Å². The molecule has 0 aliphatic heterocycles. The second-order valence-electron chi connectivity index (χ2n) is 4.80. The van der Waals surface area contributed by atoms with Gasteiger partial charge in [-0.25, -0.2) is 0 Å². The lowest BCUT2D eigenvalue weighted by atomic mass is 10.1. The Balaban J connectivity index is 1.97. The van der Waals surface area contributed by atoms with Crippen molar-refractivity contribution in [2.75, 3.05) is 13.1 Å². The van der Waals surface area contributed by atoms with Crippen LogP contribution in [0.5, 0.6) is 5.75 Å². The van der Waals surface area contributed by atoms with Crippen LogP contribution >= 0.6 is 0 Å². The van der Waals surface area contributed by atoms with Crippen LogP contribution in [0.15, 0.2) is 22.6 Å². The molecule has 1 heterocycles. The van der Waals surface area contributed by atoms with Crippen molar-refractivity contribution >= 4 is 0 Å². The fraction of sp³-hybridized carbons (Fsp3) is 0.467. The highest BCUT2D eigenvalue weighted by molar-refractivity contribution is 5.61. The van der Waals surface area contributed by atoms with Crippen molar-refractivity contribution in [3.8, 4) is 17.2 Å². The summed E-state index contributed by atoms with van der Waals surface area (Å²) in [6.07, 6.45) is 2.88. The van der Waals surface area contributed by atoms with Crippen molar-refractivity contribution in [1.82, 2.24) is 15.5 Å². The topological polar surface area (TPSA) is 71.2 Å². The Morgan fingerprint density at radius 3 is 2.90 bits per heavy atom. The van der Waals surface area contributed by atoms with E-state index >= 15 is 0 Å². The highest BCUT2D eigenvalue weighted by Crippen LogP contribution is 2.28. The summed E-state index contributed by atoms with van der Waals surface area (Å²) in [6, 6.07) is 5.29. The van der Waals surface area contributed by atoms with Crippen LogP contribution in [0.25, 0.3) is 11.5 Å². The Hall–Kier alpha value is -1.88. The molecule has 2 rings (SSSR count). The standard InChI is InChI=1S/C15H21N3O2/c1-3-9-16-10-5-8-14-17-18-15(20-14)12-6-4-7-13(19)11(12)2/h4,6-7,16,19H,3,5,8-10H2,1-2H3. The van der Waals surface area contributed by atoms with Crippen molar-refractivity contribution in [1.29, 1.82) is 0 Å². The molecule has 1 aromatic heterocycles. The summed E-state index contributed by atoms with van der Waals surface area (Å²) in [5.74, 6) is 1.35. The average molecular weight is 275 g/mol. The summed E-state index contributed by atoms with van der Waals surface area (Å²) in [7, 11) is 0. The Labute approximate surface area is 119 Å². The molecule has 5 heteroatoms. The van der Waals surface area contributed by atoms with Gasteiger partial charge in [-0.2, -0.15) is 0 Å². The number of phenols is 1. The van der Waals surface area contributed by atoms with E-state index in [0.717, 1.165) is 43.5 Å². The van der Waals surface area contributed by atoms with E-state index in [-0.39, 0.29) is 5.75 Å². The predicted octanol–water partition coefficient (Wildman–Crippen LogP) is 2.68. The first-order valence-electron chi connectivity index (χ1n) is 7.04. The number of rotatable bonds is 7. The number of nitrogens with one attached hydrogen (secondary N) is 1. The third-order valence-corrected chi connectivity index (χ3v) is 3.17. The molecule has 108 valence electrons. The van der Waals surface area contributed by atoms with Crippen molar-refractivity contribution < 1.29 is 9.52 Å². The zero-order valence-corrected chi connectivity index (χ0v) is 12.0. The monoisotopic (exact) mass is 275 g/mol. The maximum Gasteiger partial charge on any atom is 0.248 e. The number of aromatic hydroxyl groups is 1. The maximum atomic E-state index is 9.69. The normalized spacial score (nSPS) is 10.9. The van der Waals surface area contributed by atoms with E-state index < -0.39 is 0 Å². The van der Waals surface area contributed by atoms with Crippen LogP contribution in [-0.2, 0) is 6.42 Å². The average Bonchev–Trinajstić information content (AvgIpc) is 2.90.